The van der Waals surface area contributed by atoms with E-state index in [0.29, 0.717) is 30.2 Å². The van der Waals surface area contributed by atoms with Crippen LogP contribution in [0, 0.1) is 0 Å². The minimum atomic E-state index is -0.158. The summed E-state index contributed by atoms with van der Waals surface area (Å²) in [5, 5.41) is 9.03. The number of hydrogen-bond acceptors (Lipinski definition) is 5. The Hall–Kier alpha value is -4.07. The van der Waals surface area contributed by atoms with Crippen LogP contribution in [0.5, 0.6) is 17.2 Å². The Bertz CT molecular complexity index is 1370. The third-order valence-corrected chi connectivity index (χ3v) is 7.39. The molecule has 2 aromatic carbocycles. The first-order valence-electron chi connectivity index (χ1n) is 12.0. The van der Waals surface area contributed by atoms with Crippen LogP contribution in [0.2, 0.25) is 0 Å². The lowest BCUT2D eigenvalue weighted by atomic mass is 10.1. The summed E-state index contributed by atoms with van der Waals surface area (Å²) in [6, 6.07) is 15.7. The van der Waals surface area contributed by atoms with E-state index in [1.807, 2.05) is 36.4 Å². The molecule has 3 aromatic rings. The summed E-state index contributed by atoms with van der Waals surface area (Å²) in [5.41, 5.74) is 4.46. The number of benzene rings is 2. The number of nitrogens with one attached hydrogen (secondary N) is 3. The SMILES string of the molecule is O=C1CCc2c(Oc3ccc4c(c3)C3C(NC(=O)NC5CCc6ccccc65)C3O4)ccnc2N1. The lowest BCUT2D eigenvalue weighted by Crippen LogP contribution is -2.40. The molecule has 1 aromatic heterocycles. The summed E-state index contributed by atoms with van der Waals surface area (Å²) in [6.45, 7) is 0. The summed E-state index contributed by atoms with van der Waals surface area (Å²) in [7, 11) is 0. The molecule has 0 radical (unpaired) electrons. The van der Waals surface area contributed by atoms with Crippen LogP contribution in [0.1, 0.15) is 47.1 Å². The summed E-state index contributed by atoms with van der Waals surface area (Å²) in [4.78, 5) is 28.7. The van der Waals surface area contributed by atoms with Gasteiger partial charge in [-0.15, -0.1) is 0 Å². The predicted molar refractivity (Wildman–Crippen MR) is 128 cm³/mol. The van der Waals surface area contributed by atoms with Crippen LogP contribution in [0.4, 0.5) is 10.6 Å². The number of rotatable bonds is 4. The van der Waals surface area contributed by atoms with Gasteiger partial charge in [-0.05, 0) is 54.7 Å². The molecule has 2 aliphatic carbocycles. The first-order valence-corrected chi connectivity index (χ1v) is 12.0. The van der Waals surface area contributed by atoms with Crippen LogP contribution in [-0.2, 0) is 17.6 Å². The Balaban J connectivity index is 1.03. The van der Waals surface area contributed by atoms with Gasteiger partial charge in [0.1, 0.15) is 29.2 Å². The minimum Gasteiger partial charge on any atom is -0.487 e. The van der Waals surface area contributed by atoms with Crippen molar-refractivity contribution in [2.45, 2.75) is 49.8 Å². The number of ether oxygens (including phenoxy) is 2. The molecular formula is C27H24N4O4. The number of aromatic nitrogens is 1. The van der Waals surface area contributed by atoms with Crippen LogP contribution >= 0.6 is 0 Å². The van der Waals surface area contributed by atoms with Gasteiger partial charge in [0.2, 0.25) is 5.91 Å². The molecule has 1 saturated carbocycles. The molecule has 4 aliphatic rings. The van der Waals surface area contributed by atoms with Crippen molar-refractivity contribution in [1.82, 2.24) is 15.6 Å². The molecule has 8 nitrogen and oxygen atoms in total. The Morgan fingerprint density at radius 1 is 1.06 bits per heavy atom. The average Bonchev–Trinajstić information content (AvgIpc) is 3.18. The van der Waals surface area contributed by atoms with Gasteiger partial charge in [0.15, 0.2) is 0 Å². The van der Waals surface area contributed by atoms with Gasteiger partial charge >= 0.3 is 6.03 Å². The minimum absolute atomic E-state index is 0.0312. The number of anilines is 1. The molecule has 4 atom stereocenters. The number of aryl methyl sites for hydroxylation is 1. The maximum absolute atomic E-state index is 12.7. The van der Waals surface area contributed by atoms with E-state index in [9.17, 15) is 9.59 Å². The van der Waals surface area contributed by atoms with E-state index in [4.69, 9.17) is 9.47 Å². The van der Waals surface area contributed by atoms with Gasteiger partial charge < -0.3 is 25.4 Å². The van der Waals surface area contributed by atoms with Gasteiger partial charge in [0.05, 0.1) is 18.0 Å². The molecule has 4 unspecified atom stereocenters. The predicted octanol–water partition coefficient (Wildman–Crippen LogP) is 3.97. The van der Waals surface area contributed by atoms with Crippen molar-refractivity contribution < 1.29 is 19.1 Å². The fraction of sp³-hybridized carbons (Fsp3) is 0.296. The first-order chi connectivity index (χ1) is 17.1. The van der Waals surface area contributed by atoms with E-state index >= 15 is 0 Å². The quantitative estimate of drug-likeness (QED) is 0.538. The van der Waals surface area contributed by atoms with Crippen molar-refractivity contribution in [2.75, 3.05) is 5.32 Å². The van der Waals surface area contributed by atoms with E-state index in [1.54, 1.807) is 6.20 Å². The zero-order valence-corrected chi connectivity index (χ0v) is 18.9. The molecule has 0 bridgehead atoms. The van der Waals surface area contributed by atoms with Crippen molar-refractivity contribution >= 4 is 17.8 Å². The number of nitrogens with zero attached hydrogens (tertiary/aromatic N) is 1. The molecule has 3 heterocycles. The maximum Gasteiger partial charge on any atom is 0.315 e. The molecule has 176 valence electrons. The van der Waals surface area contributed by atoms with E-state index < -0.39 is 0 Å². The number of amides is 3. The smallest absolute Gasteiger partial charge is 0.315 e. The second-order valence-electron chi connectivity index (χ2n) is 9.53. The van der Waals surface area contributed by atoms with E-state index in [2.05, 4.69) is 33.1 Å². The van der Waals surface area contributed by atoms with Gasteiger partial charge in [0, 0.05) is 23.7 Å². The van der Waals surface area contributed by atoms with Crippen LogP contribution in [0.25, 0.3) is 0 Å². The summed E-state index contributed by atoms with van der Waals surface area (Å²) in [5.74, 6) is 2.85. The van der Waals surface area contributed by atoms with Gasteiger partial charge in [-0.3, -0.25) is 4.79 Å². The van der Waals surface area contributed by atoms with Crippen molar-refractivity contribution in [1.29, 1.82) is 0 Å². The van der Waals surface area contributed by atoms with E-state index in [1.165, 1.54) is 11.1 Å². The van der Waals surface area contributed by atoms with Crippen molar-refractivity contribution in [3.05, 3.63) is 77.0 Å². The van der Waals surface area contributed by atoms with Crippen LogP contribution in [0.15, 0.2) is 54.7 Å². The fourth-order valence-corrected chi connectivity index (χ4v) is 5.61. The highest BCUT2D eigenvalue weighted by molar-refractivity contribution is 5.93. The lowest BCUT2D eigenvalue weighted by Gasteiger charge is -2.19. The Morgan fingerprint density at radius 3 is 2.91 bits per heavy atom. The summed E-state index contributed by atoms with van der Waals surface area (Å²) >= 11 is 0. The third kappa shape index (κ3) is 3.48. The molecule has 3 amide bonds. The number of carbonyl (C=O) groups excluding carboxylic acids is 2. The topological polar surface area (TPSA) is 102 Å². The van der Waals surface area contributed by atoms with Gasteiger partial charge in [-0.25, -0.2) is 9.78 Å². The molecule has 3 N–H and O–H groups in total. The lowest BCUT2D eigenvalue weighted by molar-refractivity contribution is -0.116. The van der Waals surface area contributed by atoms with E-state index in [-0.39, 0.29) is 36.0 Å². The van der Waals surface area contributed by atoms with Crippen LogP contribution < -0.4 is 25.4 Å². The zero-order valence-electron chi connectivity index (χ0n) is 18.9. The molecule has 8 heteroatoms. The maximum atomic E-state index is 12.7. The number of carbonyl (C=O) groups is 2. The Labute approximate surface area is 202 Å². The molecule has 35 heavy (non-hydrogen) atoms. The van der Waals surface area contributed by atoms with Gasteiger partial charge in [-0.1, -0.05) is 24.3 Å². The van der Waals surface area contributed by atoms with Crippen molar-refractivity contribution in [3.8, 4) is 17.2 Å². The number of fused-ring (bicyclic) bond motifs is 5. The highest BCUT2D eigenvalue weighted by Crippen LogP contribution is 2.54. The number of urea groups is 1. The average molecular weight is 469 g/mol. The Morgan fingerprint density at radius 2 is 1.97 bits per heavy atom. The van der Waals surface area contributed by atoms with Crippen LogP contribution in [0.3, 0.4) is 0 Å². The van der Waals surface area contributed by atoms with E-state index in [0.717, 1.165) is 29.7 Å². The molecular weight excluding hydrogens is 444 g/mol. The largest absolute Gasteiger partial charge is 0.487 e. The molecule has 1 fully saturated rings. The highest BCUT2D eigenvalue weighted by atomic mass is 16.5. The van der Waals surface area contributed by atoms with Gasteiger partial charge in [-0.2, -0.15) is 0 Å². The third-order valence-electron chi connectivity index (χ3n) is 7.39. The summed E-state index contributed by atoms with van der Waals surface area (Å²) < 4.78 is 12.3. The second kappa shape index (κ2) is 7.73. The molecule has 0 saturated heterocycles. The van der Waals surface area contributed by atoms with Crippen LogP contribution in [-0.4, -0.2) is 29.1 Å². The van der Waals surface area contributed by atoms with Gasteiger partial charge in [0.25, 0.3) is 0 Å². The summed E-state index contributed by atoms with van der Waals surface area (Å²) in [6.07, 6.45) is 4.50. The standard InChI is InChI=1S/C27H24N4O4/c32-22-10-7-17-21(11-12-28-26(17)30-22)34-15-6-9-20-18(13-15)23-24(25(23)35-20)31-27(33)29-19-8-5-14-3-1-2-4-16(14)19/h1-4,6,9,11-13,19,23-25H,5,7-8,10H2,(H,28,30,32)(H2,29,31,33). The monoisotopic (exact) mass is 468 g/mol. The molecule has 7 rings (SSSR count). The zero-order chi connectivity index (χ0) is 23.5. The molecule has 0 spiro atoms. The number of hydrogen-bond donors (Lipinski definition) is 3. The Kier molecular flexibility index (Phi) is 4.49. The fourth-order valence-electron chi connectivity index (χ4n) is 5.61. The second-order valence-corrected chi connectivity index (χ2v) is 9.53. The van der Waals surface area contributed by atoms with Crippen molar-refractivity contribution in [3.63, 3.8) is 0 Å². The van der Waals surface area contributed by atoms with Crippen molar-refractivity contribution in [2.24, 2.45) is 0 Å². The first kappa shape index (κ1) is 20.3. The highest BCUT2D eigenvalue weighted by Gasteiger charge is 2.59. The normalized spacial score (nSPS) is 24.7. The number of pyridine rings is 1. The molecule has 2 aliphatic heterocycles.